The number of benzene rings is 2. The van der Waals surface area contributed by atoms with Crippen molar-refractivity contribution in [3.8, 4) is 0 Å². The van der Waals surface area contributed by atoms with Crippen LogP contribution in [0.2, 0.25) is 0 Å². The summed E-state index contributed by atoms with van der Waals surface area (Å²) in [7, 11) is -4.22. The van der Waals surface area contributed by atoms with Gasteiger partial charge in [-0.2, -0.15) is 0 Å². The monoisotopic (exact) mass is 426 g/mol. The SMILES string of the molecule is CCCN(CCC)C1=C(S(=O)(=O)NCc2ccccc2)C(=O)c2ccccc2C1=O. The van der Waals surface area contributed by atoms with Gasteiger partial charge in [-0.25, -0.2) is 13.1 Å². The average Bonchev–Trinajstić information content (AvgIpc) is 2.75. The van der Waals surface area contributed by atoms with E-state index in [4.69, 9.17) is 0 Å². The maximum atomic E-state index is 13.3. The molecular formula is C23H26N2O4S. The van der Waals surface area contributed by atoms with Crippen LogP contribution >= 0.6 is 0 Å². The molecule has 0 radical (unpaired) electrons. The lowest BCUT2D eigenvalue weighted by Crippen LogP contribution is -2.40. The van der Waals surface area contributed by atoms with Gasteiger partial charge in [-0.05, 0) is 18.4 Å². The Hall–Kier alpha value is -2.77. The maximum absolute atomic E-state index is 13.3. The second-order valence-electron chi connectivity index (χ2n) is 7.18. The van der Waals surface area contributed by atoms with Crippen LogP contribution in [0.15, 0.2) is 65.2 Å². The molecule has 6 nitrogen and oxygen atoms in total. The summed E-state index contributed by atoms with van der Waals surface area (Å²) in [6, 6.07) is 15.4. The summed E-state index contributed by atoms with van der Waals surface area (Å²) in [5.74, 6) is -1.06. The number of fused-ring (bicyclic) bond motifs is 1. The lowest BCUT2D eigenvalue weighted by molar-refractivity contribution is 0.0946. The van der Waals surface area contributed by atoms with E-state index in [0.29, 0.717) is 13.1 Å². The summed E-state index contributed by atoms with van der Waals surface area (Å²) in [6.07, 6.45) is 1.44. The lowest BCUT2D eigenvalue weighted by atomic mass is 9.91. The van der Waals surface area contributed by atoms with Crippen LogP contribution in [-0.2, 0) is 16.6 Å². The predicted molar refractivity (Wildman–Crippen MR) is 116 cm³/mol. The molecule has 0 saturated carbocycles. The van der Waals surface area contributed by atoms with Crippen LogP contribution in [0.1, 0.15) is 53.0 Å². The third-order valence-corrected chi connectivity index (χ3v) is 6.37. The molecule has 1 N–H and O–H groups in total. The molecule has 0 bridgehead atoms. The Bertz CT molecular complexity index is 1070. The Balaban J connectivity index is 2.11. The molecule has 1 aliphatic carbocycles. The van der Waals surface area contributed by atoms with Crippen LogP contribution in [0.25, 0.3) is 0 Å². The fourth-order valence-corrected chi connectivity index (χ4v) is 4.93. The molecule has 0 atom stereocenters. The second kappa shape index (κ2) is 9.36. The summed E-state index contributed by atoms with van der Waals surface area (Å²) < 4.78 is 29.1. The van der Waals surface area contributed by atoms with Crippen LogP contribution in [0.3, 0.4) is 0 Å². The van der Waals surface area contributed by atoms with E-state index in [0.717, 1.165) is 18.4 Å². The first-order valence-corrected chi connectivity index (χ1v) is 11.6. The third kappa shape index (κ3) is 4.37. The van der Waals surface area contributed by atoms with Crippen molar-refractivity contribution in [1.29, 1.82) is 0 Å². The first-order chi connectivity index (χ1) is 14.4. The molecule has 30 heavy (non-hydrogen) atoms. The number of sulfonamides is 1. The number of carbonyl (C=O) groups excluding carboxylic acids is 2. The first-order valence-electron chi connectivity index (χ1n) is 10.1. The minimum Gasteiger partial charge on any atom is -0.367 e. The third-order valence-electron chi connectivity index (χ3n) is 4.93. The van der Waals surface area contributed by atoms with Crippen LogP contribution in [0, 0.1) is 0 Å². The van der Waals surface area contributed by atoms with Crippen LogP contribution in [-0.4, -0.2) is 38.0 Å². The molecule has 2 aromatic carbocycles. The molecule has 0 saturated heterocycles. The standard InChI is InChI=1S/C23H26N2O4S/c1-3-14-25(15-4-2)20-21(26)18-12-8-9-13-19(18)22(27)23(20)30(28,29)24-16-17-10-6-5-7-11-17/h5-13,24H,3-4,14-16H2,1-2H3. The van der Waals surface area contributed by atoms with Gasteiger partial charge >= 0.3 is 0 Å². The van der Waals surface area contributed by atoms with Crippen LogP contribution < -0.4 is 4.72 Å². The molecule has 0 fully saturated rings. The largest absolute Gasteiger partial charge is 0.367 e. The van der Waals surface area contributed by atoms with Gasteiger partial charge in [0.15, 0.2) is 4.91 Å². The topological polar surface area (TPSA) is 83.6 Å². The molecule has 3 rings (SSSR count). The second-order valence-corrected chi connectivity index (χ2v) is 8.88. The molecule has 0 spiro atoms. The summed E-state index contributed by atoms with van der Waals surface area (Å²) in [5, 5.41) is 0. The Morgan fingerprint density at radius 2 is 1.33 bits per heavy atom. The highest BCUT2D eigenvalue weighted by Crippen LogP contribution is 2.31. The summed E-state index contributed by atoms with van der Waals surface area (Å²) in [6.45, 7) is 4.91. The maximum Gasteiger partial charge on any atom is 0.247 e. The quantitative estimate of drug-likeness (QED) is 0.663. The number of allylic oxidation sites excluding steroid dienone is 2. The van der Waals surface area contributed by atoms with E-state index in [9.17, 15) is 18.0 Å². The zero-order valence-electron chi connectivity index (χ0n) is 17.2. The van der Waals surface area contributed by atoms with Gasteiger partial charge in [0, 0.05) is 30.8 Å². The van der Waals surface area contributed by atoms with E-state index >= 15 is 0 Å². The van der Waals surface area contributed by atoms with E-state index in [1.807, 2.05) is 32.0 Å². The molecule has 0 heterocycles. The minimum atomic E-state index is -4.22. The predicted octanol–water partition coefficient (Wildman–Crippen LogP) is 3.52. The number of ketones is 2. The zero-order valence-corrected chi connectivity index (χ0v) is 18.0. The average molecular weight is 427 g/mol. The van der Waals surface area contributed by atoms with Gasteiger partial charge in [0.1, 0.15) is 5.70 Å². The summed E-state index contributed by atoms with van der Waals surface area (Å²) in [5.41, 5.74) is 1.11. The van der Waals surface area contributed by atoms with E-state index in [-0.39, 0.29) is 23.4 Å². The van der Waals surface area contributed by atoms with Crippen molar-refractivity contribution in [3.63, 3.8) is 0 Å². The van der Waals surface area contributed by atoms with Gasteiger partial charge in [-0.3, -0.25) is 9.59 Å². The van der Waals surface area contributed by atoms with Gasteiger partial charge in [0.05, 0.1) is 0 Å². The molecular weight excluding hydrogens is 400 g/mol. The smallest absolute Gasteiger partial charge is 0.247 e. The van der Waals surface area contributed by atoms with Gasteiger partial charge in [-0.1, -0.05) is 68.4 Å². The summed E-state index contributed by atoms with van der Waals surface area (Å²) in [4.78, 5) is 27.9. The Labute approximate surface area is 177 Å². The summed E-state index contributed by atoms with van der Waals surface area (Å²) >= 11 is 0. The van der Waals surface area contributed by atoms with Crippen molar-refractivity contribution in [2.45, 2.75) is 33.2 Å². The van der Waals surface area contributed by atoms with E-state index in [1.165, 1.54) is 6.07 Å². The highest BCUT2D eigenvalue weighted by Gasteiger charge is 2.40. The Morgan fingerprint density at radius 1 is 0.800 bits per heavy atom. The number of nitrogens with one attached hydrogen (secondary N) is 1. The van der Waals surface area contributed by atoms with Crippen molar-refractivity contribution in [3.05, 3.63) is 81.9 Å². The van der Waals surface area contributed by atoms with Crippen molar-refractivity contribution in [1.82, 2.24) is 9.62 Å². The molecule has 1 aliphatic rings. The Morgan fingerprint density at radius 3 is 1.90 bits per heavy atom. The van der Waals surface area contributed by atoms with Crippen molar-refractivity contribution >= 4 is 21.6 Å². The highest BCUT2D eigenvalue weighted by atomic mass is 32.2. The molecule has 2 aromatic rings. The molecule has 158 valence electrons. The fraction of sp³-hybridized carbons (Fsp3) is 0.304. The van der Waals surface area contributed by atoms with Gasteiger partial charge in [-0.15, -0.1) is 0 Å². The zero-order chi connectivity index (χ0) is 21.7. The van der Waals surface area contributed by atoms with E-state index in [2.05, 4.69) is 4.72 Å². The molecule has 0 amide bonds. The van der Waals surface area contributed by atoms with E-state index < -0.39 is 26.5 Å². The molecule has 0 aromatic heterocycles. The number of hydrogen-bond donors (Lipinski definition) is 1. The minimum absolute atomic E-state index is 0.0250. The van der Waals surface area contributed by atoms with Gasteiger partial charge < -0.3 is 4.90 Å². The number of nitrogens with zero attached hydrogens (tertiary/aromatic N) is 1. The lowest BCUT2D eigenvalue weighted by Gasteiger charge is -2.30. The van der Waals surface area contributed by atoms with Crippen LogP contribution in [0.5, 0.6) is 0 Å². The molecule has 0 unspecified atom stereocenters. The molecule has 0 aliphatic heterocycles. The Kier molecular flexibility index (Phi) is 6.84. The van der Waals surface area contributed by atoms with Crippen LogP contribution in [0.4, 0.5) is 0 Å². The number of hydrogen-bond acceptors (Lipinski definition) is 5. The van der Waals surface area contributed by atoms with Crippen molar-refractivity contribution < 1.29 is 18.0 Å². The first kappa shape index (κ1) is 21.9. The van der Waals surface area contributed by atoms with Crippen molar-refractivity contribution in [2.24, 2.45) is 0 Å². The number of Topliss-reactive ketones (excluding diaryl/α,β-unsaturated/α-hetero) is 2. The number of rotatable bonds is 9. The highest BCUT2D eigenvalue weighted by molar-refractivity contribution is 7.94. The van der Waals surface area contributed by atoms with Gasteiger partial charge in [0.25, 0.3) is 0 Å². The number of carbonyl (C=O) groups is 2. The normalized spacial score (nSPS) is 14.1. The fourth-order valence-electron chi connectivity index (χ4n) is 3.60. The molecule has 7 heteroatoms. The van der Waals surface area contributed by atoms with Crippen molar-refractivity contribution in [2.75, 3.05) is 13.1 Å². The van der Waals surface area contributed by atoms with E-state index in [1.54, 1.807) is 35.2 Å². The van der Waals surface area contributed by atoms with Gasteiger partial charge in [0.2, 0.25) is 21.6 Å².